The Morgan fingerprint density at radius 2 is 1.09 bits per heavy atom. The van der Waals surface area contributed by atoms with Crippen LogP contribution in [0.25, 0.3) is 0 Å². The van der Waals surface area contributed by atoms with Gasteiger partial charge < -0.3 is 20.7 Å². The van der Waals surface area contributed by atoms with E-state index in [1.54, 1.807) is 24.3 Å². The Morgan fingerprint density at radius 3 is 1.71 bits per heavy atom. The standard InChI is InChI=1S/C29H27N3O3/c33-28(20-11-22-7-3-1-4-8-22)31-24-12-14-25(15-13-24)32-29(34)21-30-23-16-18-27(19-17-23)35-26-9-5-2-6-10-26/h1-10,12-19,30H,11,20-21H2,(H,31,33)(H,32,34). The van der Waals surface area contributed by atoms with Crippen LogP contribution in [0.1, 0.15) is 12.0 Å². The van der Waals surface area contributed by atoms with Crippen molar-refractivity contribution in [3.63, 3.8) is 0 Å². The van der Waals surface area contributed by atoms with Crippen molar-refractivity contribution < 1.29 is 14.3 Å². The van der Waals surface area contributed by atoms with Crippen LogP contribution in [-0.4, -0.2) is 18.4 Å². The molecule has 0 saturated carbocycles. The highest BCUT2D eigenvalue weighted by Crippen LogP contribution is 2.22. The van der Waals surface area contributed by atoms with E-state index in [1.807, 2.05) is 84.9 Å². The summed E-state index contributed by atoms with van der Waals surface area (Å²) in [5, 5.41) is 8.83. The maximum Gasteiger partial charge on any atom is 0.243 e. The SMILES string of the molecule is O=C(CCc1ccccc1)Nc1ccc(NC(=O)CNc2ccc(Oc3ccccc3)cc2)cc1. The summed E-state index contributed by atoms with van der Waals surface area (Å²) in [4.78, 5) is 24.5. The summed E-state index contributed by atoms with van der Waals surface area (Å²) < 4.78 is 5.77. The first-order valence-corrected chi connectivity index (χ1v) is 11.4. The molecule has 0 atom stereocenters. The van der Waals surface area contributed by atoms with E-state index < -0.39 is 0 Å². The highest BCUT2D eigenvalue weighted by Gasteiger charge is 2.06. The van der Waals surface area contributed by atoms with Crippen LogP contribution in [0.15, 0.2) is 109 Å². The fraction of sp³-hybridized carbons (Fsp3) is 0.103. The molecule has 6 nitrogen and oxygen atoms in total. The van der Waals surface area contributed by atoms with Gasteiger partial charge in [0.2, 0.25) is 11.8 Å². The number of carbonyl (C=O) groups excluding carboxylic acids is 2. The van der Waals surface area contributed by atoms with Gasteiger partial charge in [-0.15, -0.1) is 0 Å². The Labute approximate surface area is 205 Å². The van der Waals surface area contributed by atoms with Gasteiger partial charge in [-0.1, -0.05) is 48.5 Å². The lowest BCUT2D eigenvalue weighted by Gasteiger charge is -2.10. The molecule has 0 spiro atoms. The molecule has 0 aliphatic carbocycles. The molecule has 4 aromatic rings. The van der Waals surface area contributed by atoms with Gasteiger partial charge in [0, 0.05) is 23.5 Å². The highest BCUT2D eigenvalue weighted by atomic mass is 16.5. The number of ether oxygens (including phenoxy) is 1. The number of carbonyl (C=O) groups is 2. The van der Waals surface area contributed by atoms with Crippen molar-refractivity contribution in [3.8, 4) is 11.5 Å². The molecule has 4 aromatic carbocycles. The molecule has 0 unspecified atom stereocenters. The molecule has 0 heterocycles. The number of para-hydroxylation sites is 1. The number of hydrogen-bond donors (Lipinski definition) is 3. The molecule has 0 aliphatic heterocycles. The van der Waals surface area contributed by atoms with Crippen molar-refractivity contribution in [2.24, 2.45) is 0 Å². The number of benzene rings is 4. The van der Waals surface area contributed by atoms with Gasteiger partial charge in [-0.3, -0.25) is 9.59 Å². The normalized spacial score (nSPS) is 10.3. The number of amides is 2. The van der Waals surface area contributed by atoms with Crippen molar-refractivity contribution in [1.29, 1.82) is 0 Å². The number of rotatable bonds is 10. The molecule has 176 valence electrons. The van der Waals surface area contributed by atoms with Crippen molar-refractivity contribution in [3.05, 3.63) is 115 Å². The lowest BCUT2D eigenvalue weighted by molar-refractivity contribution is -0.116. The van der Waals surface area contributed by atoms with E-state index in [0.29, 0.717) is 24.2 Å². The van der Waals surface area contributed by atoms with E-state index in [0.717, 1.165) is 22.7 Å². The zero-order chi connectivity index (χ0) is 24.3. The molecule has 0 radical (unpaired) electrons. The zero-order valence-electron chi connectivity index (χ0n) is 19.2. The Hall–Kier alpha value is -4.58. The van der Waals surface area contributed by atoms with Crippen molar-refractivity contribution >= 4 is 28.9 Å². The summed E-state index contributed by atoms with van der Waals surface area (Å²) in [5.41, 5.74) is 3.29. The quantitative estimate of drug-likeness (QED) is 0.264. The van der Waals surface area contributed by atoms with Gasteiger partial charge in [0.25, 0.3) is 0 Å². The second kappa shape index (κ2) is 12.0. The zero-order valence-corrected chi connectivity index (χ0v) is 19.2. The Balaban J connectivity index is 1.19. The van der Waals surface area contributed by atoms with Gasteiger partial charge >= 0.3 is 0 Å². The topological polar surface area (TPSA) is 79.5 Å². The second-order valence-corrected chi connectivity index (χ2v) is 7.95. The summed E-state index contributed by atoms with van der Waals surface area (Å²) in [5.74, 6) is 1.27. The first kappa shape index (κ1) is 23.6. The van der Waals surface area contributed by atoms with Crippen LogP contribution in [0.4, 0.5) is 17.1 Å². The smallest absolute Gasteiger partial charge is 0.243 e. The minimum absolute atomic E-state index is 0.0463. The number of nitrogens with one attached hydrogen (secondary N) is 3. The van der Waals surface area contributed by atoms with Gasteiger partial charge in [-0.25, -0.2) is 0 Å². The average molecular weight is 466 g/mol. The largest absolute Gasteiger partial charge is 0.457 e. The van der Waals surface area contributed by atoms with E-state index in [9.17, 15) is 9.59 Å². The average Bonchev–Trinajstić information content (AvgIpc) is 2.89. The van der Waals surface area contributed by atoms with Crippen LogP contribution in [0.2, 0.25) is 0 Å². The maximum absolute atomic E-state index is 12.3. The fourth-order valence-electron chi connectivity index (χ4n) is 3.42. The minimum atomic E-state index is -0.172. The fourth-order valence-corrected chi connectivity index (χ4v) is 3.42. The third-order valence-electron chi connectivity index (χ3n) is 5.22. The van der Waals surface area contributed by atoms with Gasteiger partial charge in [0.15, 0.2) is 0 Å². The molecule has 0 fully saturated rings. The third-order valence-corrected chi connectivity index (χ3v) is 5.22. The summed E-state index contributed by atoms with van der Waals surface area (Å²) in [6.45, 7) is 0.122. The third kappa shape index (κ3) is 7.75. The first-order valence-electron chi connectivity index (χ1n) is 11.4. The second-order valence-electron chi connectivity index (χ2n) is 7.95. The molecule has 0 aliphatic rings. The Morgan fingerprint density at radius 1 is 0.571 bits per heavy atom. The number of aryl methyl sites for hydroxylation is 1. The molecular weight excluding hydrogens is 438 g/mol. The predicted molar refractivity (Wildman–Crippen MR) is 140 cm³/mol. The van der Waals surface area contributed by atoms with E-state index in [-0.39, 0.29) is 18.4 Å². The molecular formula is C29H27N3O3. The minimum Gasteiger partial charge on any atom is -0.457 e. The van der Waals surface area contributed by atoms with Crippen molar-refractivity contribution in [1.82, 2.24) is 0 Å². The van der Waals surface area contributed by atoms with E-state index in [2.05, 4.69) is 16.0 Å². The van der Waals surface area contributed by atoms with Crippen LogP contribution in [0, 0.1) is 0 Å². The number of anilines is 3. The van der Waals surface area contributed by atoms with Crippen LogP contribution in [-0.2, 0) is 16.0 Å². The molecule has 0 bridgehead atoms. The van der Waals surface area contributed by atoms with Crippen molar-refractivity contribution in [2.45, 2.75) is 12.8 Å². The molecule has 4 rings (SSSR count). The number of hydrogen-bond acceptors (Lipinski definition) is 4. The summed E-state index contributed by atoms with van der Waals surface area (Å²) >= 11 is 0. The van der Waals surface area contributed by atoms with E-state index in [4.69, 9.17) is 4.74 Å². The Bertz CT molecular complexity index is 1230. The van der Waals surface area contributed by atoms with Gasteiger partial charge in [-0.2, -0.15) is 0 Å². The van der Waals surface area contributed by atoms with Crippen LogP contribution >= 0.6 is 0 Å². The summed E-state index contributed by atoms with van der Waals surface area (Å²) in [6.07, 6.45) is 1.10. The van der Waals surface area contributed by atoms with E-state index in [1.165, 1.54) is 0 Å². The van der Waals surface area contributed by atoms with E-state index >= 15 is 0 Å². The molecule has 6 heteroatoms. The predicted octanol–water partition coefficient (Wildman–Crippen LogP) is 6.10. The van der Waals surface area contributed by atoms with Gasteiger partial charge in [-0.05, 0) is 72.6 Å². The van der Waals surface area contributed by atoms with Crippen LogP contribution < -0.4 is 20.7 Å². The van der Waals surface area contributed by atoms with Crippen molar-refractivity contribution in [2.75, 3.05) is 22.5 Å². The summed E-state index contributed by atoms with van der Waals surface area (Å²) in [7, 11) is 0. The highest BCUT2D eigenvalue weighted by molar-refractivity contribution is 5.94. The monoisotopic (exact) mass is 465 g/mol. The Kier molecular flexibility index (Phi) is 8.11. The summed E-state index contributed by atoms with van der Waals surface area (Å²) in [6, 6.07) is 34.0. The van der Waals surface area contributed by atoms with Gasteiger partial charge in [0.1, 0.15) is 11.5 Å². The maximum atomic E-state index is 12.3. The molecule has 0 saturated heterocycles. The molecule has 0 aromatic heterocycles. The molecule has 2 amide bonds. The van der Waals surface area contributed by atoms with Crippen LogP contribution in [0.5, 0.6) is 11.5 Å². The molecule has 3 N–H and O–H groups in total. The molecule has 35 heavy (non-hydrogen) atoms. The van der Waals surface area contributed by atoms with Gasteiger partial charge in [0.05, 0.1) is 6.54 Å². The van der Waals surface area contributed by atoms with Crippen LogP contribution in [0.3, 0.4) is 0 Å². The first-order chi connectivity index (χ1) is 17.1. The lowest BCUT2D eigenvalue weighted by atomic mass is 10.1. The lowest BCUT2D eigenvalue weighted by Crippen LogP contribution is -2.21.